The summed E-state index contributed by atoms with van der Waals surface area (Å²) >= 11 is 3.38. The van der Waals surface area contributed by atoms with E-state index in [4.69, 9.17) is 6.57 Å². The maximum absolute atomic E-state index is 7.43. The molecule has 76 valence electrons. The van der Waals surface area contributed by atoms with E-state index >= 15 is 0 Å². The minimum absolute atomic E-state index is 0.251. The van der Waals surface area contributed by atoms with Crippen LogP contribution in [0.5, 0.6) is 0 Å². The zero-order chi connectivity index (χ0) is 10.5. The molecule has 0 aromatic carbocycles. The Kier molecular flexibility index (Phi) is 1.90. The summed E-state index contributed by atoms with van der Waals surface area (Å²) in [6, 6.07) is 3.99. The predicted molar refractivity (Wildman–Crippen MR) is 61.0 cm³/mol. The van der Waals surface area contributed by atoms with Crippen LogP contribution in [-0.2, 0) is 5.54 Å². The van der Waals surface area contributed by atoms with Crippen LogP contribution in [0.1, 0.15) is 25.0 Å². The summed E-state index contributed by atoms with van der Waals surface area (Å²) in [7, 11) is 0. The zero-order valence-corrected chi connectivity index (χ0v) is 9.87. The number of fused-ring (bicyclic) bond motifs is 1. The molecule has 1 unspecified atom stereocenters. The Morgan fingerprint density at radius 2 is 2.13 bits per heavy atom. The SMILES string of the molecule is [C-]#[N+]C1(c2ccc(Br)cn2)[C@@H]2CCC[C@@H]21. The summed E-state index contributed by atoms with van der Waals surface area (Å²) in [5, 5.41) is 0. The van der Waals surface area contributed by atoms with Gasteiger partial charge < -0.3 is 4.85 Å². The molecule has 2 nitrogen and oxygen atoms in total. The van der Waals surface area contributed by atoms with Gasteiger partial charge in [0.15, 0.2) is 0 Å². The molecule has 1 aromatic rings. The molecule has 3 atom stereocenters. The molecule has 2 aliphatic carbocycles. The molecule has 1 aromatic heterocycles. The zero-order valence-electron chi connectivity index (χ0n) is 8.28. The van der Waals surface area contributed by atoms with Crippen LogP contribution in [-0.4, -0.2) is 4.98 Å². The average Bonchev–Trinajstić information content (AvgIpc) is 2.65. The Balaban J connectivity index is 2.00. The molecule has 3 rings (SSSR count). The fourth-order valence-corrected chi connectivity index (χ4v) is 3.37. The van der Waals surface area contributed by atoms with Crippen molar-refractivity contribution in [3.05, 3.63) is 39.9 Å². The lowest BCUT2D eigenvalue weighted by Gasteiger charge is -2.07. The van der Waals surface area contributed by atoms with Gasteiger partial charge in [-0.25, -0.2) is 6.57 Å². The monoisotopic (exact) mass is 262 g/mol. The predicted octanol–water partition coefficient (Wildman–Crippen LogP) is 3.39. The summed E-state index contributed by atoms with van der Waals surface area (Å²) in [4.78, 5) is 8.29. The smallest absolute Gasteiger partial charge is 0.280 e. The van der Waals surface area contributed by atoms with E-state index in [0.29, 0.717) is 11.8 Å². The van der Waals surface area contributed by atoms with Crippen molar-refractivity contribution < 1.29 is 0 Å². The van der Waals surface area contributed by atoms with Crippen molar-refractivity contribution in [2.75, 3.05) is 0 Å². The topological polar surface area (TPSA) is 17.2 Å². The molecule has 3 heteroatoms. The van der Waals surface area contributed by atoms with Crippen LogP contribution in [0.25, 0.3) is 4.85 Å². The van der Waals surface area contributed by atoms with Crippen molar-refractivity contribution >= 4 is 15.9 Å². The number of hydrogen-bond acceptors (Lipinski definition) is 1. The lowest BCUT2D eigenvalue weighted by atomic mass is 10.0. The first-order valence-electron chi connectivity index (χ1n) is 5.29. The molecule has 0 bridgehead atoms. The minimum atomic E-state index is -0.251. The lowest BCUT2D eigenvalue weighted by molar-refractivity contribution is 0.579. The van der Waals surface area contributed by atoms with Gasteiger partial charge in [0.05, 0.1) is 11.8 Å². The summed E-state index contributed by atoms with van der Waals surface area (Å²) in [6.45, 7) is 7.43. The third-order valence-corrected chi connectivity index (χ3v) is 4.33. The molecule has 2 saturated carbocycles. The van der Waals surface area contributed by atoms with Crippen molar-refractivity contribution in [1.29, 1.82) is 0 Å². The quantitative estimate of drug-likeness (QED) is 0.710. The van der Waals surface area contributed by atoms with Crippen molar-refractivity contribution in [1.82, 2.24) is 4.98 Å². The molecule has 0 aliphatic heterocycles. The standard InChI is InChI=1S/C12H11BrN2/c1-14-12(9-3-2-4-10(9)12)11-6-5-8(13)7-15-11/h5-7,9-10H,2-4H2/t9-,10+,12?. The van der Waals surface area contributed by atoms with Crippen LogP contribution in [0.15, 0.2) is 22.8 Å². The number of rotatable bonds is 1. The molecule has 0 amide bonds. The molecule has 15 heavy (non-hydrogen) atoms. The highest BCUT2D eigenvalue weighted by Crippen LogP contribution is 2.68. The van der Waals surface area contributed by atoms with Crippen molar-refractivity contribution in [3.63, 3.8) is 0 Å². The third kappa shape index (κ3) is 1.12. The lowest BCUT2D eigenvalue weighted by Crippen LogP contribution is -2.10. The number of aromatic nitrogens is 1. The Morgan fingerprint density at radius 1 is 1.40 bits per heavy atom. The fourth-order valence-electron chi connectivity index (χ4n) is 3.14. The molecule has 0 radical (unpaired) electrons. The third-order valence-electron chi connectivity index (χ3n) is 3.86. The van der Waals surface area contributed by atoms with Crippen LogP contribution < -0.4 is 0 Å². The van der Waals surface area contributed by atoms with Gasteiger partial charge in [0.25, 0.3) is 5.54 Å². The van der Waals surface area contributed by atoms with Gasteiger partial charge in [0.1, 0.15) is 5.69 Å². The average molecular weight is 263 g/mol. The molecule has 0 spiro atoms. The highest BCUT2D eigenvalue weighted by Gasteiger charge is 2.75. The fraction of sp³-hybridized carbons (Fsp3) is 0.500. The van der Waals surface area contributed by atoms with E-state index in [1.807, 2.05) is 12.1 Å². The molecule has 0 saturated heterocycles. The Bertz CT molecular complexity index is 422. The van der Waals surface area contributed by atoms with Crippen LogP contribution in [0.3, 0.4) is 0 Å². The van der Waals surface area contributed by atoms with Gasteiger partial charge in [0.2, 0.25) is 0 Å². The van der Waals surface area contributed by atoms with E-state index in [1.165, 1.54) is 19.3 Å². The van der Waals surface area contributed by atoms with Crippen molar-refractivity contribution in [3.8, 4) is 0 Å². The number of nitrogens with zero attached hydrogens (tertiary/aromatic N) is 2. The summed E-state index contributed by atoms with van der Waals surface area (Å²) < 4.78 is 0.984. The summed E-state index contributed by atoms with van der Waals surface area (Å²) in [5.41, 5.74) is 0.731. The normalized spacial score (nSPS) is 37.1. The van der Waals surface area contributed by atoms with Gasteiger partial charge >= 0.3 is 0 Å². The van der Waals surface area contributed by atoms with E-state index in [1.54, 1.807) is 6.20 Å². The molecule has 2 fully saturated rings. The maximum atomic E-state index is 7.43. The van der Waals surface area contributed by atoms with Gasteiger partial charge in [-0.05, 0) is 40.9 Å². The Labute approximate surface area is 97.7 Å². The Morgan fingerprint density at radius 3 is 2.67 bits per heavy atom. The highest BCUT2D eigenvalue weighted by atomic mass is 79.9. The van der Waals surface area contributed by atoms with Crippen LogP contribution in [0, 0.1) is 18.4 Å². The van der Waals surface area contributed by atoms with Crippen LogP contribution in [0.2, 0.25) is 0 Å². The van der Waals surface area contributed by atoms with Crippen LogP contribution >= 0.6 is 15.9 Å². The van der Waals surface area contributed by atoms with Crippen molar-refractivity contribution in [2.45, 2.75) is 24.8 Å². The van der Waals surface area contributed by atoms with E-state index in [0.717, 1.165) is 10.2 Å². The molecule has 1 heterocycles. The number of pyridine rings is 1. The van der Waals surface area contributed by atoms with E-state index in [-0.39, 0.29) is 5.54 Å². The van der Waals surface area contributed by atoms with E-state index < -0.39 is 0 Å². The van der Waals surface area contributed by atoms with Gasteiger partial charge in [-0.3, -0.25) is 4.98 Å². The minimum Gasteiger partial charge on any atom is -0.303 e. The summed E-state index contributed by atoms with van der Waals surface area (Å²) in [6.07, 6.45) is 5.52. The van der Waals surface area contributed by atoms with Gasteiger partial charge in [-0.2, -0.15) is 0 Å². The maximum Gasteiger partial charge on any atom is 0.280 e. The second kappa shape index (κ2) is 3.05. The number of halogens is 1. The number of hydrogen-bond donors (Lipinski definition) is 0. The summed E-state index contributed by atoms with van der Waals surface area (Å²) in [5.74, 6) is 1.17. The first kappa shape index (κ1) is 9.35. The van der Waals surface area contributed by atoms with Crippen molar-refractivity contribution in [2.24, 2.45) is 11.8 Å². The largest absolute Gasteiger partial charge is 0.303 e. The molecular formula is C12H11BrN2. The second-order valence-corrected chi connectivity index (χ2v) is 5.36. The van der Waals surface area contributed by atoms with E-state index in [2.05, 4.69) is 25.8 Å². The second-order valence-electron chi connectivity index (χ2n) is 4.44. The van der Waals surface area contributed by atoms with Gasteiger partial charge in [-0.15, -0.1) is 0 Å². The van der Waals surface area contributed by atoms with Gasteiger partial charge in [-0.1, -0.05) is 6.42 Å². The Hall–Kier alpha value is -0.880. The molecule has 2 aliphatic rings. The highest BCUT2D eigenvalue weighted by molar-refractivity contribution is 9.10. The molecular weight excluding hydrogens is 252 g/mol. The molecule has 0 N–H and O–H groups in total. The van der Waals surface area contributed by atoms with Gasteiger partial charge in [0, 0.05) is 10.7 Å². The first-order valence-corrected chi connectivity index (χ1v) is 6.09. The van der Waals surface area contributed by atoms with E-state index in [9.17, 15) is 0 Å². The first-order chi connectivity index (χ1) is 7.29. The van der Waals surface area contributed by atoms with Crippen LogP contribution in [0.4, 0.5) is 0 Å².